The van der Waals surface area contributed by atoms with Gasteiger partial charge in [0, 0.05) is 11.1 Å². The molecule has 0 saturated carbocycles. The number of ether oxygens (including phenoxy) is 1. The summed E-state index contributed by atoms with van der Waals surface area (Å²) < 4.78 is 9.51. The number of thiazole rings is 1. The van der Waals surface area contributed by atoms with Crippen LogP contribution in [0.15, 0.2) is 41.5 Å². The smallest absolute Gasteiger partial charge is 0.335 e. The van der Waals surface area contributed by atoms with Crippen LogP contribution in [0.1, 0.15) is 70.8 Å². The van der Waals surface area contributed by atoms with Crippen LogP contribution in [0, 0.1) is 5.53 Å². The summed E-state index contributed by atoms with van der Waals surface area (Å²) in [4.78, 5) is 0. The van der Waals surface area contributed by atoms with Gasteiger partial charge in [-0.1, -0.05) is 76.1 Å². The molecule has 3 aromatic rings. The van der Waals surface area contributed by atoms with Gasteiger partial charge in [-0.05, 0) is 47.9 Å². The molecule has 1 heterocycles. The van der Waals surface area contributed by atoms with Crippen LogP contribution in [0.4, 0.5) is 10.8 Å². The van der Waals surface area contributed by atoms with Gasteiger partial charge in [0.1, 0.15) is 17.7 Å². The van der Waals surface area contributed by atoms with Crippen molar-refractivity contribution in [3.05, 3.63) is 47.0 Å². The quantitative estimate of drug-likeness (QED) is 0.128. The number of fused-ring (bicyclic) bond motifs is 1. The van der Waals surface area contributed by atoms with E-state index in [9.17, 15) is 0 Å². The van der Waals surface area contributed by atoms with E-state index in [1.807, 2.05) is 18.2 Å². The minimum atomic E-state index is 0.591. The molecule has 0 atom stereocenters. The summed E-state index contributed by atoms with van der Waals surface area (Å²) in [5, 5.41) is 9.21. The van der Waals surface area contributed by atoms with Gasteiger partial charge in [0.15, 0.2) is 5.75 Å². The summed E-state index contributed by atoms with van der Waals surface area (Å²) in [7, 11) is 0. The standard InChI is InChI=1S/C26H35ClN4OS/c1-3-5-7-8-9-10-16-32-24-18-23-25(17-22(24)30-28)33-26(29-15-6-4-2)31(23)19-20-11-13-21(27)14-12-20/h11-14,17-18,28H,3-10,15-16,19H2,1-2H3/p+1. The monoisotopic (exact) mass is 487 g/mol. The topological polar surface area (TPSA) is 61.4 Å². The first-order chi connectivity index (χ1) is 16.2. The van der Waals surface area contributed by atoms with Crippen LogP contribution in [0.3, 0.4) is 0 Å². The van der Waals surface area contributed by atoms with Crippen molar-refractivity contribution >= 4 is 44.0 Å². The van der Waals surface area contributed by atoms with Crippen molar-refractivity contribution in [1.29, 1.82) is 5.53 Å². The van der Waals surface area contributed by atoms with Crippen molar-refractivity contribution in [1.82, 2.24) is 0 Å². The lowest BCUT2D eigenvalue weighted by Crippen LogP contribution is -2.36. The Morgan fingerprint density at radius 2 is 1.73 bits per heavy atom. The fourth-order valence-electron chi connectivity index (χ4n) is 3.80. The molecule has 2 aromatic carbocycles. The van der Waals surface area contributed by atoms with E-state index >= 15 is 0 Å². The number of nitrogens with zero attached hydrogens (tertiary/aromatic N) is 2. The summed E-state index contributed by atoms with van der Waals surface area (Å²) >= 11 is 7.79. The molecule has 0 radical (unpaired) electrons. The molecule has 7 heteroatoms. The highest BCUT2D eigenvalue weighted by molar-refractivity contribution is 7.21. The second kappa shape index (κ2) is 13.5. The van der Waals surface area contributed by atoms with Crippen molar-refractivity contribution in [2.24, 2.45) is 5.11 Å². The van der Waals surface area contributed by atoms with Crippen molar-refractivity contribution in [2.45, 2.75) is 71.8 Å². The SMILES string of the molecule is CCCCCCCCOc1cc2c(cc1N=N)sc(NCCCC)[n+]2Cc1ccc(Cl)cc1. The molecule has 0 fully saturated rings. The van der Waals surface area contributed by atoms with E-state index in [0.29, 0.717) is 18.0 Å². The van der Waals surface area contributed by atoms with E-state index in [-0.39, 0.29) is 0 Å². The molecule has 0 spiro atoms. The molecule has 0 amide bonds. The van der Waals surface area contributed by atoms with E-state index in [0.717, 1.165) is 52.7 Å². The first-order valence-corrected chi connectivity index (χ1v) is 13.3. The number of rotatable bonds is 15. The second-order valence-electron chi connectivity index (χ2n) is 8.42. The molecule has 5 nitrogen and oxygen atoms in total. The van der Waals surface area contributed by atoms with E-state index in [1.54, 1.807) is 11.3 Å². The maximum Gasteiger partial charge on any atom is 0.335 e. The van der Waals surface area contributed by atoms with Crippen LogP contribution in [-0.4, -0.2) is 13.2 Å². The van der Waals surface area contributed by atoms with Gasteiger partial charge in [-0.2, -0.15) is 5.11 Å². The van der Waals surface area contributed by atoms with Gasteiger partial charge in [0.25, 0.3) is 0 Å². The summed E-state index contributed by atoms with van der Waals surface area (Å²) in [5.74, 6) is 0.689. The van der Waals surface area contributed by atoms with E-state index in [1.165, 1.54) is 37.7 Å². The molecule has 0 bridgehead atoms. The minimum Gasteiger partial charge on any atom is -0.491 e. The first-order valence-electron chi connectivity index (χ1n) is 12.1. The zero-order valence-corrected chi connectivity index (χ0v) is 21.4. The van der Waals surface area contributed by atoms with Gasteiger partial charge >= 0.3 is 5.13 Å². The van der Waals surface area contributed by atoms with E-state index in [4.69, 9.17) is 21.9 Å². The summed E-state index contributed by atoms with van der Waals surface area (Å²) in [6.45, 7) is 6.76. The predicted octanol–water partition coefficient (Wildman–Crippen LogP) is 8.50. The van der Waals surface area contributed by atoms with Crippen LogP contribution < -0.4 is 14.6 Å². The normalized spacial score (nSPS) is 11.1. The lowest BCUT2D eigenvalue weighted by atomic mass is 10.1. The number of hydrogen-bond donors (Lipinski definition) is 2. The summed E-state index contributed by atoms with van der Waals surface area (Å²) in [6, 6.07) is 12.0. The number of halogens is 1. The predicted molar refractivity (Wildman–Crippen MR) is 140 cm³/mol. The third-order valence-corrected chi connectivity index (χ3v) is 7.08. The number of anilines is 1. The van der Waals surface area contributed by atoms with Gasteiger partial charge in [0.05, 0.1) is 17.9 Å². The van der Waals surface area contributed by atoms with Crippen LogP contribution >= 0.6 is 22.9 Å². The Labute approximate surface area is 206 Å². The molecule has 0 unspecified atom stereocenters. The Morgan fingerprint density at radius 3 is 2.45 bits per heavy atom. The fraction of sp³-hybridized carbons (Fsp3) is 0.500. The number of unbranched alkanes of at least 4 members (excludes halogenated alkanes) is 6. The molecule has 0 saturated heterocycles. The number of nitrogens with one attached hydrogen (secondary N) is 2. The van der Waals surface area contributed by atoms with Gasteiger partial charge in [-0.3, -0.25) is 5.32 Å². The Bertz CT molecular complexity index is 1020. The molecular formula is C26H36ClN4OS+. The second-order valence-corrected chi connectivity index (χ2v) is 9.88. The number of benzene rings is 2. The Hall–Kier alpha value is -2.18. The van der Waals surface area contributed by atoms with E-state index in [2.05, 4.69) is 47.0 Å². The number of hydrogen-bond acceptors (Lipinski definition) is 5. The van der Waals surface area contributed by atoms with Crippen molar-refractivity contribution in [3.63, 3.8) is 0 Å². The fourth-order valence-corrected chi connectivity index (χ4v) is 5.03. The average molecular weight is 488 g/mol. The molecular weight excluding hydrogens is 452 g/mol. The van der Waals surface area contributed by atoms with Crippen molar-refractivity contribution in [2.75, 3.05) is 18.5 Å². The van der Waals surface area contributed by atoms with Crippen LogP contribution in [-0.2, 0) is 6.54 Å². The molecule has 0 aliphatic heterocycles. The van der Waals surface area contributed by atoms with Crippen LogP contribution in [0.2, 0.25) is 5.02 Å². The van der Waals surface area contributed by atoms with Gasteiger partial charge in [-0.15, -0.1) is 0 Å². The Balaban J connectivity index is 1.83. The zero-order valence-electron chi connectivity index (χ0n) is 19.8. The maximum atomic E-state index is 7.66. The first kappa shape index (κ1) is 25.4. The molecule has 0 aliphatic carbocycles. The lowest BCUT2D eigenvalue weighted by Gasteiger charge is -2.09. The van der Waals surface area contributed by atoms with Crippen molar-refractivity contribution < 1.29 is 9.30 Å². The van der Waals surface area contributed by atoms with Crippen molar-refractivity contribution in [3.8, 4) is 5.75 Å². The van der Waals surface area contributed by atoms with Gasteiger partial charge in [-0.25, -0.2) is 10.1 Å². The molecule has 1 aromatic heterocycles. The van der Waals surface area contributed by atoms with Crippen LogP contribution in [0.5, 0.6) is 5.75 Å². The van der Waals surface area contributed by atoms with Gasteiger partial charge in [0.2, 0.25) is 0 Å². The lowest BCUT2D eigenvalue weighted by molar-refractivity contribution is -0.644. The third kappa shape index (κ3) is 7.41. The number of aromatic nitrogens is 1. The Morgan fingerprint density at radius 1 is 1.00 bits per heavy atom. The highest BCUT2D eigenvalue weighted by Gasteiger charge is 2.21. The minimum absolute atomic E-state index is 0.591. The molecule has 178 valence electrons. The van der Waals surface area contributed by atoms with Crippen LogP contribution in [0.25, 0.3) is 10.2 Å². The highest BCUT2D eigenvalue weighted by atomic mass is 35.5. The highest BCUT2D eigenvalue weighted by Crippen LogP contribution is 2.36. The summed E-state index contributed by atoms with van der Waals surface area (Å²) in [5.41, 5.74) is 10.5. The summed E-state index contributed by atoms with van der Waals surface area (Å²) in [6.07, 6.45) is 9.58. The zero-order chi connectivity index (χ0) is 23.5. The average Bonchev–Trinajstić information content (AvgIpc) is 3.15. The molecule has 33 heavy (non-hydrogen) atoms. The Kier molecular flexibility index (Phi) is 10.4. The largest absolute Gasteiger partial charge is 0.491 e. The molecule has 0 aliphatic rings. The maximum absolute atomic E-state index is 7.66. The third-order valence-electron chi connectivity index (χ3n) is 5.72. The van der Waals surface area contributed by atoms with Gasteiger partial charge < -0.3 is 4.74 Å². The molecule has 3 rings (SSSR count). The molecule has 2 N–H and O–H groups in total. The van der Waals surface area contributed by atoms with E-state index < -0.39 is 0 Å².